The van der Waals surface area contributed by atoms with E-state index in [9.17, 15) is 14.4 Å². The first-order valence-corrected chi connectivity index (χ1v) is 5.47. The molecular formula is C9H11N3O4S. The lowest BCUT2D eigenvalue weighted by molar-refractivity contribution is 0.0702. The fourth-order valence-corrected chi connectivity index (χ4v) is 1.78. The number of nitrogens with one attached hydrogen (secondary N) is 2. The molecule has 0 aliphatic heterocycles. The van der Waals surface area contributed by atoms with Gasteiger partial charge >= 0.3 is 12.0 Å². The molecule has 1 aromatic rings. The predicted octanol–water partition coefficient (Wildman–Crippen LogP) is -0.156. The molecule has 0 saturated carbocycles. The molecule has 0 spiro atoms. The normalized spacial score (nSPS) is 9.65. The van der Waals surface area contributed by atoms with Crippen LogP contribution in [0.3, 0.4) is 0 Å². The summed E-state index contributed by atoms with van der Waals surface area (Å²) in [6, 6.07) is 2.14. The molecule has 0 unspecified atom stereocenters. The highest BCUT2D eigenvalue weighted by Crippen LogP contribution is 2.15. The van der Waals surface area contributed by atoms with Gasteiger partial charge in [0.2, 0.25) is 0 Å². The van der Waals surface area contributed by atoms with Crippen LogP contribution in [0.4, 0.5) is 4.79 Å². The van der Waals surface area contributed by atoms with Crippen LogP contribution < -0.4 is 16.4 Å². The van der Waals surface area contributed by atoms with Crippen molar-refractivity contribution in [2.75, 3.05) is 13.1 Å². The summed E-state index contributed by atoms with van der Waals surface area (Å²) in [6.07, 6.45) is 0. The Morgan fingerprint density at radius 3 is 2.29 bits per heavy atom. The molecule has 0 aliphatic carbocycles. The number of aromatic carboxylic acids is 1. The van der Waals surface area contributed by atoms with E-state index in [4.69, 9.17) is 10.8 Å². The summed E-state index contributed by atoms with van der Waals surface area (Å²) in [7, 11) is 0. The van der Waals surface area contributed by atoms with Crippen LogP contribution in [0, 0.1) is 0 Å². The second-order valence-electron chi connectivity index (χ2n) is 3.02. The average Bonchev–Trinajstić information content (AvgIpc) is 2.73. The Morgan fingerprint density at radius 1 is 1.18 bits per heavy atom. The van der Waals surface area contributed by atoms with Gasteiger partial charge in [0.25, 0.3) is 5.91 Å². The summed E-state index contributed by atoms with van der Waals surface area (Å²) in [5.41, 5.74) is 4.83. The van der Waals surface area contributed by atoms with E-state index in [2.05, 4.69) is 10.6 Å². The second kappa shape index (κ2) is 5.85. The summed E-state index contributed by atoms with van der Waals surface area (Å²) < 4.78 is 0. The summed E-state index contributed by atoms with van der Waals surface area (Å²) in [6.45, 7) is 0.445. The number of carboxylic acid groups (broad SMARTS) is 1. The van der Waals surface area contributed by atoms with E-state index in [1.54, 1.807) is 0 Å². The third-order valence-electron chi connectivity index (χ3n) is 1.75. The van der Waals surface area contributed by atoms with Crippen molar-refractivity contribution < 1.29 is 19.5 Å². The van der Waals surface area contributed by atoms with Crippen molar-refractivity contribution in [2.24, 2.45) is 5.73 Å². The lowest BCUT2D eigenvalue weighted by Gasteiger charge is -2.03. The van der Waals surface area contributed by atoms with Crippen LogP contribution in [0.2, 0.25) is 0 Å². The molecule has 1 aromatic heterocycles. The lowest BCUT2D eigenvalue weighted by Crippen LogP contribution is -2.37. The zero-order chi connectivity index (χ0) is 12.8. The molecule has 7 nitrogen and oxygen atoms in total. The molecule has 17 heavy (non-hydrogen) atoms. The number of hydrogen-bond acceptors (Lipinski definition) is 4. The van der Waals surface area contributed by atoms with Gasteiger partial charge in [-0.05, 0) is 12.1 Å². The highest BCUT2D eigenvalue weighted by molar-refractivity contribution is 7.15. The van der Waals surface area contributed by atoms with Crippen LogP contribution in [0.15, 0.2) is 12.1 Å². The van der Waals surface area contributed by atoms with Gasteiger partial charge in [0.05, 0.1) is 4.88 Å². The lowest BCUT2D eigenvalue weighted by atomic mass is 10.4. The summed E-state index contributed by atoms with van der Waals surface area (Å²) in [5, 5.41) is 13.5. The van der Waals surface area contributed by atoms with E-state index in [1.165, 1.54) is 12.1 Å². The molecule has 0 radical (unpaired) electrons. The van der Waals surface area contributed by atoms with Crippen LogP contribution in [-0.4, -0.2) is 36.1 Å². The highest BCUT2D eigenvalue weighted by Gasteiger charge is 2.12. The number of amides is 3. The second-order valence-corrected chi connectivity index (χ2v) is 4.10. The van der Waals surface area contributed by atoms with Crippen molar-refractivity contribution in [3.8, 4) is 0 Å². The van der Waals surface area contributed by atoms with E-state index < -0.39 is 12.0 Å². The third-order valence-corrected chi connectivity index (χ3v) is 2.82. The maximum atomic E-state index is 11.5. The fraction of sp³-hybridized carbons (Fsp3) is 0.222. The van der Waals surface area contributed by atoms with Gasteiger partial charge in [0.1, 0.15) is 4.88 Å². The van der Waals surface area contributed by atoms with Crippen LogP contribution >= 0.6 is 11.3 Å². The molecule has 5 N–H and O–H groups in total. The quantitative estimate of drug-likeness (QED) is 0.548. The molecule has 92 valence electrons. The van der Waals surface area contributed by atoms with Crippen molar-refractivity contribution >= 4 is 29.2 Å². The van der Waals surface area contributed by atoms with Crippen molar-refractivity contribution in [3.63, 3.8) is 0 Å². The number of carbonyl (C=O) groups excluding carboxylic acids is 2. The van der Waals surface area contributed by atoms with Crippen molar-refractivity contribution in [1.29, 1.82) is 0 Å². The Hall–Kier alpha value is -2.09. The van der Waals surface area contributed by atoms with Crippen molar-refractivity contribution in [1.82, 2.24) is 10.6 Å². The van der Waals surface area contributed by atoms with Crippen LogP contribution in [0.5, 0.6) is 0 Å². The van der Waals surface area contributed by atoms with Gasteiger partial charge in [-0.2, -0.15) is 0 Å². The van der Waals surface area contributed by atoms with Gasteiger partial charge in [-0.1, -0.05) is 0 Å². The first kappa shape index (κ1) is 13.0. The molecule has 0 saturated heterocycles. The minimum Gasteiger partial charge on any atom is -0.477 e. The van der Waals surface area contributed by atoms with E-state index in [-0.39, 0.29) is 23.9 Å². The molecule has 0 atom stereocenters. The number of hydrogen-bond donors (Lipinski definition) is 4. The minimum atomic E-state index is -1.07. The number of primary amides is 1. The molecule has 8 heteroatoms. The number of thiophene rings is 1. The van der Waals surface area contributed by atoms with Gasteiger partial charge in [0.15, 0.2) is 0 Å². The molecule has 1 heterocycles. The summed E-state index contributed by atoms with van der Waals surface area (Å²) >= 11 is 0.890. The maximum absolute atomic E-state index is 11.5. The van der Waals surface area contributed by atoms with Crippen LogP contribution in [0.25, 0.3) is 0 Å². The molecule has 0 aromatic carbocycles. The number of urea groups is 1. The van der Waals surface area contributed by atoms with Gasteiger partial charge in [0, 0.05) is 13.1 Å². The third kappa shape index (κ3) is 4.11. The first-order valence-electron chi connectivity index (χ1n) is 4.65. The molecule has 0 bridgehead atoms. The number of carboxylic acids is 1. The van der Waals surface area contributed by atoms with E-state index in [1.807, 2.05) is 0 Å². The fourth-order valence-electron chi connectivity index (χ4n) is 1.02. The zero-order valence-corrected chi connectivity index (χ0v) is 9.54. The van der Waals surface area contributed by atoms with Gasteiger partial charge < -0.3 is 21.5 Å². The first-order chi connectivity index (χ1) is 8.00. The van der Waals surface area contributed by atoms with Gasteiger partial charge in [-0.15, -0.1) is 11.3 Å². The molecular weight excluding hydrogens is 246 g/mol. The molecule has 0 fully saturated rings. The van der Waals surface area contributed by atoms with E-state index >= 15 is 0 Å². The number of nitrogens with two attached hydrogens (primary N) is 1. The monoisotopic (exact) mass is 257 g/mol. The van der Waals surface area contributed by atoms with Crippen molar-refractivity contribution in [2.45, 2.75) is 0 Å². The van der Waals surface area contributed by atoms with Gasteiger partial charge in [-0.25, -0.2) is 9.59 Å². The predicted molar refractivity (Wildman–Crippen MR) is 61.2 cm³/mol. The van der Waals surface area contributed by atoms with Gasteiger partial charge in [-0.3, -0.25) is 4.79 Å². The summed E-state index contributed by atoms with van der Waals surface area (Å²) in [5.74, 6) is -1.45. The number of carbonyl (C=O) groups is 3. The Labute approximate surface area is 101 Å². The molecule has 3 amide bonds. The Bertz CT molecular complexity index is 443. The summed E-state index contributed by atoms with van der Waals surface area (Å²) in [4.78, 5) is 32.8. The Balaban J connectivity index is 2.41. The van der Waals surface area contributed by atoms with E-state index in [0.717, 1.165) is 11.3 Å². The zero-order valence-electron chi connectivity index (χ0n) is 8.73. The number of rotatable bonds is 5. The van der Waals surface area contributed by atoms with Crippen molar-refractivity contribution in [3.05, 3.63) is 21.9 Å². The molecule has 0 aliphatic rings. The SMILES string of the molecule is NC(=O)NCCNC(=O)c1ccc(C(=O)O)s1. The average molecular weight is 257 g/mol. The van der Waals surface area contributed by atoms with Crippen LogP contribution in [0.1, 0.15) is 19.3 Å². The largest absolute Gasteiger partial charge is 0.477 e. The minimum absolute atomic E-state index is 0.102. The smallest absolute Gasteiger partial charge is 0.345 e. The van der Waals surface area contributed by atoms with Crippen LogP contribution in [-0.2, 0) is 0 Å². The Morgan fingerprint density at radius 2 is 1.76 bits per heavy atom. The molecule has 1 rings (SSSR count). The Kier molecular flexibility index (Phi) is 4.46. The van der Waals surface area contributed by atoms with E-state index in [0.29, 0.717) is 4.88 Å². The highest BCUT2D eigenvalue weighted by atomic mass is 32.1. The topological polar surface area (TPSA) is 122 Å². The maximum Gasteiger partial charge on any atom is 0.345 e. The standard InChI is InChI=1S/C9H11N3O4S/c10-9(16)12-4-3-11-7(13)5-1-2-6(17-5)8(14)15/h1-2H,3-4H2,(H,11,13)(H,14,15)(H3,10,12,16).